The fraction of sp³-hybridized carbons (Fsp3) is 0.421. The van der Waals surface area contributed by atoms with Gasteiger partial charge in [-0.1, -0.05) is 12.8 Å². The summed E-state index contributed by atoms with van der Waals surface area (Å²) in [5.74, 6) is 2.02. The second-order valence-electron chi connectivity index (χ2n) is 7.43. The predicted octanol–water partition coefficient (Wildman–Crippen LogP) is 2.25. The van der Waals surface area contributed by atoms with Crippen LogP contribution >= 0.6 is 22.6 Å². The SMILES string of the molecule is Nc1nc(F)nc2c1nc(Cc1cc3c(cc1I)OCO3)n2CCCCCCOS(N)(=O)=O. The third-order valence-corrected chi connectivity index (χ3v) is 6.59. The molecule has 0 radical (unpaired) electrons. The summed E-state index contributed by atoms with van der Waals surface area (Å²) in [5, 5.41) is 4.81. The number of anilines is 1. The average Bonchev–Trinajstić information content (AvgIpc) is 3.31. The minimum atomic E-state index is -3.92. The van der Waals surface area contributed by atoms with Crippen LogP contribution in [-0.4, -0.2) is 41.3 Å². The van der Waals surface area contributed by atoms with Crippen LogP contribution in [0.25, 0.3) is 11.2 Å². The van der Waals surface area contributed by atoms with Crippen molar-refractivity contribution in [3.63, 3.8) is 0 Å². The summed E-state index contributed by atoms with van der Waals surface area (Å²) in [7, 11) is -3.92. The Morgan fingerprint density at radius 1 is 1.12 bits per heavy atom. The summed E-state index contributed by atoms with van der Waals surface area (Å²) in [5.41, 5.74) is 7.57. The number of unbranched alkanes of at least 4 members (excludes halogenated alkanes) is 3. The molecule has 1 aliphatic heterocycles. The maximum atomic E-state index is 13.9. The molecule has 178 valence electrons. The number of nitrogen functional groups attached to an aromatic ring is 1. The number of benzene rings is 1. The van der Waals surface area contributed by atoms with Gasteiger partial charge in [0.15, 0.2) is 28.5 Å². The fourth-order valence-electron chi connectivity index (χ4n) is 3.57. The Kier molecular flexibility index (Phi) is 7.16. The summed E-state index contributed by atoms with van der Waals surface area (Å²) in [4.78, 5) is 12.1. The van der Waals surface area contributed by atoms with Crippen molar-refractivity contribution < 1.29 is 26.5 Å². The Balaban J connectivity index is 1.52. The van der Waals surface area contributed by atoms with E-state index in [9.17, 15) is 12.8 Å². The van der Waals surface area contributed by atoms with Crippen LogP contribution in [0.4, 0.5) is 10.2 Å². The largest absolute Gasteiger partial charge is 0.454 e. The maximum absolute atomic E-state index is 13.9. The number of aryl methyl sites for hydroxylation is 1. The van der Waals surface area contributed by atoms with Gasteiger partial charge in [-0.25, -0.2) is 10.1 Å². The van der Waals surface area contributed by atoms with Gasteiger partial charge in [0.05, 0.1) is 6.61 Å². The van der Waals surface area contributed by atoms with E-state index in [4.69, 9.17) is 20.3 Å². The zero-order chi connectivity index (χ0) is 23.6. The lowest BCUT2D eigenvalue weighted by Crippen LogP contribution is -2.16. The number of imidazole rings is 1. The van der Waals surface area contributed by atoms with Crippen LogP contribution in [-0.2, 0) is 27.5 Å². The van der Waals surface area contributed by atoms with E-state index in [1.807, 2.05) is 16.7 Å². The molecule has 0 saturated heterocycles. The van der Waals surface area contributed by atoms with Crippen LogP contribution in [0.1, 0.15) is 37.1 Å². The predicted molar refractivity (Wildman–Crippen MR) is 125 cm³/mol. The molecule has 3 aromatic rings. The number of halogens is 2. The molecule has 1 aromatic carbocycles. The highest BCUT2D eigenvalue weighted by Crippen LogP contribution is 2.36. The van der Waals surface area contributed by atoms with Gasteiger partial charge in [-0.2, -0.15) is 22.8 Å². The standard InChI is InChI=1S/C19H22FIN6O5S/c20-19-25-17(22)16-18(26-19)27(5-3-1-2-4-6-32-33(23,28)29)15(24-16)8-11-7-13-14(9-12(11)21)31-10-30-13/h7,9H,1-6,8,10H2,(H2,22,25,26)(H2,23,28,29). The molecule has 0 aliphatic carbocycles. The molecule has 0 atom stereocenters. The highest BCUT2D eigenvalue weighted by Gasteiger charge is 2.21. The summed E-state index contributed by atoms with van der Waals surface area (Å²) in [6, 6.07) is 3.82. The van der Waals surface area contributed by atoms with E-state index >= 15 is 0 Å². The van der Waals surface area contributed by atoms with Gasteiger partial charge in [0.25, 0.3) is 0 Å². The minimum Gasteiger partial charge on any atom is -0.454 e. The van der Waals surface area contributed by atoms with Gasteiger partial charge in [0, 0.05) is 16.5 Å². The van der Waals surface area contributed by atoms with Crippen molar-refractivity contribution in [2.75, 3.05) is 19.1 Å². The van der Waals surface area contributed by atoms with Gasteiger partial charge in [-0.3, -0.25) is 4.18 Å². The van der Waals surface area contributed by atoms with E-state index in [0.29, 0.717) is 47.9 Å². The lowest BCUT2D eigenvalue weighted by atomic mass is 10.1. The first kappa shape index (κ1) is 23.8. The van der Waals surface area contributed by atoms with Crippen molar-refractivity contribution >= 4 is 49.9 Å². The van der Waals surface area contributed by atoms with Crippen LogP contribution in [0.15, 0.2) is 12.1 Å². The number of hydrogen-bond donors (Lipinski definition) is 2. The third kappa shape index (κ3) is 5.80. The highest BCUT2D eigenvalue weighted by molar-refractivity contribution is 14.1. The molecular weight excluding hydrogens is 570 g/mol. The summed E-state index contributed by atoms with van der Waals surface area (Å²) in [6.45, 7) is 0.746. The maximum Gasteiger partial charge on any atom is 0.333 e. The number of rotatable bonds is 10. The first-order valence-electron chi connectivity index (χ1n) is 10.1. The quantitative estimate of drug-likeness (QED) is 0.205. The monoisotopic (exact) mass is 592 g/mol. The Hall–Kier alpha value is -2.30. The van der Waals surface area contributed by atoms with Gasteiger partial charge in [0.2, 0.25) is 6.79 Å². The molecule has 0 unspecified atom stereocenters. The molecule has 0 saturated carbocycles. The molecule has 0 fully saturated rings. The van der Waals surface area contributed by atoms with Crippen molar-refractivity contribution in [2.45, 2.75) is 38.6 Å². The molecule has 0 amide bonds. The van der Waals surface area contributed by atoms with E-state index in [2.05, 4.69) is 41.7 Å². The van der Waals surface area contributed by atoms with Gasteiger partial charge >= 0.3 is 16.4 Å². The molecule has 0 bridgehead atoms. The van der Waals surface area contributed by atoms with Gasteiger partial charge in [-0.15, -0.1) is 0 Å². The van der Waals surface area contributed by atoms with Crippen LogP contribution in [0.3, 0.4) is 0 Å². The van der Waals surface area contributed by atoms with Crippen molar-refractivity contribution in [3.8, 4) is 11.5 Å². The molecular formula is C19H22FIN6O5S. The van der Waals surface area contributed by atoms with E-state index < -0.39 is 16.4 Å². The van der Waals surface area contributed by atoms with E-state index in [-0.39, 0.29) is 19.2 Å². The zero-order valence-corrected chi connectivity index (χ0v) is 20.4. The van der Waals surface area contributed by atoms with Crippen LogP contribution in [0, 0.1) is 9.65 Å². The van der Waals surface area contributed by atoms with Gasteiger partial charge in [0.1, 0.15) is 5.82 Å². The van der Waals surface area contributed by atoms with Crippen LogP contribution in [0.5, 0.6) is 11.5 Å². The number of ether oxygens (including phenoxy) is 2. The lowest BCUT2D eigenvalue weighted by molar-refractivity contribution is 0.174. The summed E-state index contributed by atoms with van der Waals surface area (Å²) in [6.07, 6.45) is 2.35. The first-order chi connectivity index (χ1) is 15.7. The molecule has 33 heavy (non-hydrogen) atoms. The normalized spacial score (nSPS) is 13.2. The second-order valence-corrected chi connectivity index (χ2v) is 9.82. The molecule has 4 N–H and O–H groups in total. The van der Waals surface area contributed by atoms with Crippen molar-refractivity contribution in [1.82, 2.24) is 19.5 Å². The number of hydrogen-bond acceptors (Lipinski definition) is 9. The third-order valence-electron chi connectivity index (χ3n) is 5.09. The smallest absolute Gasteiger partial charge is 0.333 e. The molecule has 1 aliphatic rings. The Bertz CT molecular complexity index is 1290. The first-order valence-corrected chi connectivity index (χ1v) is 12.7. The summed E-state index contributed by atoms with van der Waals surface area (Å²) < 4.78 is 53.8. The van der Waals surface area contributed by atoms with E-state index in [0.717, 1.165) is 28.4 Å². The Morgan fingerprint density at radius 2 is 1.85 bits per heavy atom. The highest BCUT2D eigenvalue weighted by atomic mass is 127. The molecule has 2 aromatic heterocycles. The molecule has 14 heteroatoms. The lowest BCUT2D eigenvalue weighted by Gasteiger charge is -2.11. The number of nitrogens with two attached hydrogens (primary N) is 2. The van der Waals surface area contributed by atoms with Crippen LogP contribution < -0.4 is 20.3 Å². The van der Waals surface area contributed by atoms with Gasteiger partial charge < -0.3 is 19.8 Å². The van der Waals surface area contributed by atoms with Crippen LogP contribution in [0.2, 0.25) is 0 Å². The van der Waals surface area contributed by atoms with Crippen molar-refractivity contribution in [3.05, 3.63) is 33.2 Å². The van der Waals surface area contributed by atoms with Crippen molar-refractivity contribution in [2.24, 2.45) is 5.14 Å². The second kappa shape index (κ2) is 9.90. The van der Waals surface area contributed by atoms with E-state index in [1.165, 1.54) is 0 Å². The molecule has 0 spiro atoms. The number of aromatic nitrogens is 4. The molecule has 4 rings (SSSR count). The fourth-order valence-corrected chi connectivity index (χ4v) is 4.55. The zero-order valence-electron chi connectivity index (χ0n) is 17.5. The number of fused-ring (bicyclic) bond motifs is 2. The number of nitrogens with zero attached hydrogens (tertiary/aromatic N) is 4. The van der Waals surface area contributed by atoms with Crippen molar-refractivity contribution in [1.29, 1.82) is 0 Å². The molecule has 3 heterocycles. The Labute approximate surface area is 203 Å². The van der Waals surface area contributed by atoms with E-state index in [1.54, 1.807) is 0 Å². The molecule has 11 nitrogen and oxygen atoms in total. The Morgan fingerprint density at radius 3 is 2.61 bits per heavy atom. The topological polar surface area (TPSA) is 157 Å². The van der Waals surface area contributed by atoms with Gasteiger partial charge in [-0.05, 0) is 53.1 Å². The summed E-state index contributed by atoms with van der Waals surface area (Å²) >= 11 is 2.23. The minimum absolute atomic E-state index is 0.0157. The average molecular weight is 592 g/mol.